The Morgan fingerprint density at radius 3 is 2.53 bits per heavy atom. The second kappa shape index (κ2) is 5.25. The molecule has 0 saturated carbocycles. The normalized spacial score (nSPS) is 10.2. The molecule has 0 radical (unpaired) electrons. The number of amides is 2. The lowest BCUT2D eigenvalue weighted by Crippen LogP contribution is -2.27. The summed E-state index contributed by atoms with van der Waals surface area (Å²) in [7, 11) is 1.63. The summed E-state index contributed by atoms with van der Waals surface area (Å²) < 4.78 is 0. The van der Waals surface area contributed by atoms with Crippen LogP contribution in [0.5, 0.6) is 0 Å². The van der Waals surface area contributed by atoms with E-state index in [-0.39, 0.29) is 11.7 Å². The van der Waals surface area contributed by atoms with E-state index in [1.807, 2.05) is 0 Å². The summed E-state index contributed by atoms with van der Waals surface area (Å²) in [5.74, 6) is -0.813. The van der Waals surface area contributed by atoms with Gasteiger partial charge in [0, 0.05) is 19.2 Å². The fourth-order valence-corrected chi connectivity index (χ4v) is 1.54. The molecule has 1 aromatic heterocycles. The van der Waals surface area contributed by atoms with Gasteiger partial charge in [0.2, 0.25) is 5.91 Å². The van der Waals surface area contributed by atoms with Crippen LogP contribution in [0.3, 0.4) is 0 Å². The second-order valence-corrected chi connectivity index (χ2v) is 3.96. The van der Waals surface area contributed by atoms with E-state index in [1.54, 1.807) is 31.3 Å². The summed E-state index contributed by atoms with van der Waals surface area (Å²) in [4.78, 5) is 24.2. The van der Waals surface area contributed by atoms with Crippen molar-refractivity contribution >= 4 is 11.8 Å². The van der Waals surface area contributed by atoms with E-state index in [2.05, 4.69) is 20.6 Å². The van der Waals surface area contributed by atoms with E-state index in [9.17, 15) is 9.59 Å². The first-order valence-corrected chi connectivity index (χ1v) is 5.45. The van der Waals surface area contributed by atoms with Crippen molar-refractivity contribution in [3.63, 3.8) is 0 Å². The topological polar surface area (TPSA) is 118 Å². The minimum absolute atomic E-state index is 0.0104. The van der Waals surface area contributed by atoms with E-state index in [0.717, 1.165) is 5.56 Å². The molecule has 0 aliphatic heterocycles. The molecule has 2 aromatic rings. The van der Waals surface area contributed by atoms with Gasteiger partial charge in [0.05, 0.1) is 0 Å². The zero-order valence-electron chi connectivity index (χ0n) is 10.2. The Morgan fingerprint density at radius 1 is 1.32 bits per heavy atom. The van der Waals surface area contributed by atoms with Crippen molar-refractivity contribution in [3.8, 4) is 0 Å². The van der Waals surface area contributed by atoms with Crippen LogP contribution in [0.2, 0.25) is 0 Å². The number of nitrogens with two attached hydrogens (primary N) is 1. The maximum atomic E-state index is 11.9. The predicted molar refractivity (Wildman–Crippen MR) is 64.9 cm³/mol. The van der Waals surface area contributed by atoms with Crippen LogP contribution < -0.4 is 5.73 Å². The molecule has 2 rings (SSSR count). The second-order valence-electron chi connectivity index (χ2n) is 3.96. The quantitative estimate of drug-likeness (QED) is 0.773. The number of rotatable bonds is 4. The monoisotopic (exact) mass is 260 g/mol. The van der Waals surface area contributed by atoms with Gasteiger partial charge >= 0.3 is 0 Å². The summed E-state index contributed by atoms with van der Waals surface area (Å²) in [5, 5.41) is 12.8. The Balaban J connectivity index is 2.04. The van der Waals surface area contributed by atoms with Gasteiger partial charge in [0.25, 0.3) is 11.7 Å². The van der Waals surface area contributed by atoms with E-state index in [0.29, 0.717) is 12.1 Å². The summed E-state index contributed by atoms with van der Waals surface area (Å²) in [6.45, 7) is 0.367. The van der Waals surface area contributed by atoms with Gasteiger partial charge in [-0.05, 0) is 22.9 Å². The minimum atomic E-state index is -0.484. The van der Waals surface area contributed by atoms with Gasteiger partial charge in [0.1, 0.15) is 0 Å². The maximum Gasteiger partial charge on any atom is 0.295 e. The zero-order valence-corrected chi connectivity index (χ0v) is 10.2. The van der Waals surface area contributed by atoms with E-state index in [1.165, 1.54) is 4.90 Å². The zero-order chi connectivity index (χ0) is 13.8. The number of tetrazole rings is 1. The van der Waals surface area contributed by atoms with Gasteiger partial charge < -0.3 is 10.6 Å². The Labute approximate surface area is 108 Å². The third-order valence-corrected chi connectivity index (χ3v) is 2.54. The number of nitrogens with one attached hydrogen (secondary N) is 1. The molecule has 0 aliphatic carbocycles. The predicted octanol–water partition coefficient (Wildman–Crippen LogP) is -0.429. The minimum Gasteiger partial charge on any atom is -0.366 e. The van der Waals surface area contributed by atoms with Gasteiger partial charge in [-0.3, -0.25) is 9.59 Å². The SMILES string of the molecule is CN(Cc1ccc(C(N)=O)cc1)C(=O)c1nn[nH]n1. The molecular formula is C11H12N6O2. The van der Waals surface area contributed by atoms with E-state index in [4.69, 9.17) is 5.73 Å². The molecule has 1 heterocycles. The van der Waals surface area contributed by atoms with Gasteiger partial charge in [-0.1, -0.05) is 12.1 Å². The Hall–Kier alpha value is -2.77. The highest BCUT2D eigenvalue weighted by Gasteiger charge is 2.16. The number of benzene rings is 1. The molecule has 98 valence electrons. The van der Waals surface area contributed by atoms with Crippen LogP contribution in [0, 0.1) is 0 Å². The Kier molecular flexibility index (Phi) is 3.51. The molecule has 0 unspecified atom stereocenters. The van der Waals surface area contributed by atoms with Crippen LogP contribution in [0.25, 0.3) is 0 Å². The summed E-state index contributed by atoms with van der Waals surface area (Å²) >= 11 is 0. The molecule has 0 aliphatic rings. The first-order valence-electron chi connectivity index (χ1n) is 5.45. The average molecular weight is 260 g/mol. The third-order valence-electron chi connectivity index (χ3n) is 2.54. The highest BCUT2D eigenvalue weighted by molar-refractivity contribution is 5.92. The van der Waals surface area contributed by atoms with Crippen molar-refractivity contribution in [2.45, 2.75) is 6.54 Å². The number of H-pyrrole nitrogens is 1. The highest BCUT2D eigenvalue weighted by Crippen LogP contribution is 2.07. The average Bonchev–Trinajstić information content (AvgIpc) is 2.92. The van der Waals surface area contributed by atoms with Crippen molar-refractivity contribution in [1.29, 1.82) is 0 Å². The maximum absolute atomic E-state index is 11.9. The molecule has 1 aromatic carbocycles. The lowest BCUT2D eigenvalue weighted by Gasteiger charge is -2.15. The van der Waals surface area contributed by atoms with Crippen molar-refractivity contribution in [2.75, 3.05) is 7.05 Å². The lowest BCUT2D eigenvalue weighted by atomic mass is 10.1. The molecule has 2 amide bonds. The highest BCUT2D eigenvalue weighted by atomic mass is 16.2. The van der Waals surface area contributed by atoms with Crippen LogP contribution in [0.1, 0.15) is 26.5 Å². The van der Waals surface area contributed by atoms with Gasteiger partial charge in [-0.15, -0.1) is 10.2 Å². The van der Waals surface area contributed by atoms with E-state index >= 15 is 0 Å². The molecule has 3 N–H and O–H groups in total. The number of aromatic nitrogens is 4. The van der Waals surface area contributed by atoms with Gasteiger partial charge in [-0.25, -0.2) is 0 Å². The lowest BCUT2D eigenvalue weighted by molar-refractivity contribution is 0.0772. The molecule has 8 nitrogen and oxygen atoms in total. The fraction of sp³-hybridized carbons (Fsp3) is 0.182. The third kappa shape index (κ3) is 2.92. The number of hydrogen-bond acceptors (Lipinski definition) is 5. The number of primary amides is 1. The molecule has 8 heteroatoms. The number of carbonyl (C=O) groups excluding carboxylic acids is 2. The van der Waals surface area contributed by atoms with Crippen LogP contribution in [0.4, 0.5) is 0 Å². The number of aromatic amines is 1. The molecule has 0 fully saturated rings. The van der Waals surface area contributed by atoms with E-state index < -0.39 is 5.91 Å². The van der Waals surface area contributed by atoms with Crippen LogP contribution in [-0.4, -0.2) is 44.4 Å². The fourth-order valence-electron chi connectivity index (χ4n) is 1.54. The Morgan fingerprint density at radius 2 is 2.00 bits per heavy atom. The van der Waals surface area contributed by atoms with Crippen molar-refractivity contribution in [3.05, 3.63) is 41.2 Å². The van der Waals surface area contributed by atoms with Crippen molar-refractivity contribution in [2.24, 2.45) is 5.73 Å². The van der Waals surface area contributed by atoms with Crippen LogP contribution in [-0.2, 0) is 6.54 Å². The largest absolute Gasteiger partial charge is 0.366 e. The number of hydrogen-bond donors (Lipinski definition) is 2. The molecule has 0 bridgehead atoms. The van der Waals surface area contributed by atoms with Crippen molar-refractivity contribution < 1.29 is 9.59 Å². The summed E-state index contributed by atoms with van der Waals surface area (Å²) in [6.07, 6.45) is 0. The molecule has 0 atom stereocenters. The Bertz CT molecular complexity index is 578. The summed E-state index contributed by atoms with van der Waals surface area (Å²) in [6, 6.07) is 6.70. The molecule has 0 saturated heterocycles. The summed E-state index contributed by atoms with van der Waals surface area (Å²) in [5.41, 5.74) is 6.44. The molecule has 0 spiro atoms. The van der Waals surface area contributed by atoms with Crippen LogP contribution >= 0.6 is 0 Å². The van der Waals surface area contributed by atoms with Gasteiger partial charge in [-0.2, -0.15) is 5.21 Å². The van der Waals surface area contributed by atoms with Crippen LogP contribution in [0.15, 0.2) is 24.3 Å². The van der Waals surface area contributed by atoms with Gasteiger partial charge in [0.15, 0.2) is 0 Å². The molecular weight excluding hydrogens is 248 g/mol. The smallest absolute Gasteiger partial charge is 0.295 e. The molecule has 19 heavy (non-hydrogen) atoms. The first-order chi connectivity index (χ1) is 9.08. The number of carbonyl (C=O) groups is 2. The van der Waals surface area contributed by atoms with Crippen molar-refractivity contribution in [1.82, 2.24) is 25.5 Å². The first kappa shape index (κ1) is 12.7. The number of nitrogens with zero attached hydrogens (tertiary/aromatic N) is 4. The standard InChI is InChI=1S/C11H12N6O2/c1-17(11(19)10-13-15-16-14-10)6-7-2-4-8(5-3-7)9(12)18/h2-5H,6H2,1H3,(H2,12,18)(H,13,14,15,16).